The van der Waals surface area contributed by atoms with Crippen molar-refractivity contribution < 1.29 is 23.7 Å². The van der Waals surface area contributed by atoms with E-state index in [2.05, 4.69) is 105 Å². The number of rotatable bonds is 9. The number of ether oxygens (including phenoxy) is 4. The Balaban J connectivity index is 1.72. The van der Waals surface area contributed by atoms with Gasteiger partial charge in [0.05, 0.1) is 28.4 Å². The summed E-state index contributed by atoms with van der Waals surface area (Å²) in [6.07, 6.45) is 0.851. The Bertz CT molecular complexity index is 1740. The van der Waals surface area contributed by atoms with Gasteiger partial charge in [-0.15, -0.1) is 0 Å². The summed E-state index contributed by atoms with van der Waals surface area (Å²) in [6, 6.07) is 35.9. The molecule has 240 valence electrons. The first-order valence-corrected chi connectivity index (χ1v) is 17.3. The quantitative estimate of drug-likeness (QED) is 0.150. The standard InChI is InChI=1S/C41H41O5P/c1-26-12-7-9-14-35(26)37-16-11-17-38(36-15-10-8-13-27(36)2)41(37)47-39(28-18-31(43-3)24-32(19-28)44-4)22-30(42)23-40(47)29-20-33(45-5)25-34(21-29)46-6/h7-21,24-25,39-40H,22-23H2,1-6H3. The van der Waals surface area contributed by atoms with Crippen molar-refractivity contribution in [1.82, 2.24) is 0 Å². The highest BCUT2D eigenvalue weighted by atomic mass is 31.1. The number of benzene rings is 5. The molecule has 1 saturated heterocycles. The lowest BCUT2D eigenvalue weighted by atomic mass is 9.94. The number of carbonyl (C=O) groups is 1. The summed E-state index contributed by atoms with van der Waals surface area (Å²) in [5, 5.41) is 1.29. The molecule has 2 atom stereocenters. The first kappa shape index (κ1) is 32.3. The Morgan fingerprint density at radius 2 is 0.872 bits per heavy atom. The molecule has 0 saturated carbocycles. The minimum Gasteiger partial charge on any atom is -0.497 e. The molecule has 5 aromatic rings. The van der Waals surface area contributed by atoms with E-state index in [1.54, 1.807) is 28.4 Å². The van der Waals surface area contributed by atoms with Crippen LogP contribution in [0.4, 0.5) is 0 Å². The second-order valence-corrected chi connectivity index (χ2v) is 14.5. The maximum absolute atomic E-state index is 13.9. The topological polar surface area (TPSA) is 54.0 Å². The van der Waals surface area contributed by atoms with Crippen LogP contribution in [0.1, 0.15) is 46.4 Å². The van der Waals surface area contributed by atoms with Crippen molar-refractivity contribution in [1.29, 1.82) is 0 Å². The molecular weight excluding hydrogens is 603 g/mol. The number of carbonyl (C=O) groups excluding carboxylic acids is 1. The SMILES string of the molecule is COc1cc(OC)cc(C2CC(=O)CC(c3cc(OC)cc(OC)c3)P2c2c(-c3ccccc3C)cccc2-c2ccccc2C)c1. The third kappa shape index (κ3) is 6.50. The zero-order valence-electron chi connectivity index (χ0n) is 27.9. The molecule has 1 heterocycles. The Kier molecular flexibility index (Phi) is 9.66. The molecule has 0 N–H and O–H groups in total. The fourth-order valence-corrected chi connectivity index (χ4v) is 10.6. The number of hydrogen-bond donors (Lipinski definition) is 0. The highest BCUT2D eigenvalue weighted by molar-refractivity contribution is 7.67. The van der Waals surface area contributed by atoms with Crippen molar-refractivity contribution in [2.24, 2.45) is 0 Å². The van der Waals surface area contributed by atoms with Crippen molar-refractivity contribution in [2.75, 3.05) is 28.4 Å². The predicted molar refractivity (Wildman–Crippen MR) is 192 cm³/mol. The van der Waals surface area contributed by atoms with Crippen molar-refractivity contribution >= 4 is 19.0 Å². The van der Waals surface area contributed by atoms with Crippen LogP contribution in [-0.4, -0.2) is 34.2 Å². The Labute approximate surface area is 279 Å². The van der Waals surface area contributed by atoms with Crippen LogP contribution in [-0.2, 0) is 4.79 Å². The average Bonchev–Trinajstić information content (AvgIpc) is 3.11. The first-order valence-electron chi connectivity index (χ1n) is 15.9. The molecule has 0 aromatic heterocycles. The number of methoxy groups -OCH3 is 4. The van der Waals surface area contributed by atoms with Gasteiger partial charge in [0.2, 0.25) is 0 Å². The van der Waals surface area contributed by atoms with Crippen LogP contribution in [0.25, 0.3) is 22.3 Å². The van der Waals surface area contributed by atoms with E-state index in [4.69, 9.17) is 18.9 Å². The lowest BCUT2D eigenvalue weighted by molar-refractivity contribution is -0.119. The lowest BCUT2D eigenvalue weighted by Gasteiger charge is -2.41. The minimum atomic E-state index is -1.10. The largest absolute Gasteiger partial charge is 0.497 e. The highest BCUT2D eigenvalue weighted by Crippen LogP contribution is 2.68. The van der Waals surface area contributed by atoms with E-state index in [0.717, 1.165) is 11.1 Å². The van der Waals surface area contributed by atoms with Gasteiger partial charge in [0.25, 0.3) is 0 Å². The third-order valence-electron chi connectivity index (χ3n) is 9.20. The van der Waals surface area contributed by atoms with Crippen LogP contribution >= 0.6 is 7.92 Å². The van der Waals surface area contributed by atoms with Gasteiger partial charge in [-0.05, 0) is 87.9 Å². The van der Waals surface area contributed by atoms with Crippen molar-refractivity contribution in [3.05, 3.63) is 125 Å². The molecule has 1 aliphatic heterocycles. The Morgan fingerprint density at radius 1 is 0.511 bits per heavy atom. The number of aryl methyl sites for hydroxylation is 2. The summed E-state index contributed by atoms with van der Waals surface area (Å²) >= 11 is 0. The van der Waals surface area contributed by atoms with Crippen LogP contribution in [0, 0.1) is 13.8 Å². The molecule has 5 aromatic carbocycles. The van der Waals surface area contributed by atoms with Crippen LogP contribution < -0.4 is 24.3 Å². The molecule has 2 unspecified atom stereocenters. The van der Waals surface area contributed by atoms with E-state index in [1.807, 2.05) is 12.1 Å². The predicted octanol–water partition coefficient (Wildman–Crippen LogP) is 9.62. The van der Waals surface area contributed by atoms with Crippen LogP contribution in [0.15, 0.2) is 103 Å². The Hall–Kier alpha value is -4.60. The third-order valence-corrected chi connectivity index (χ3v) is 12.5. The lowest BCUT2D eigenvalue weighted by Crippen LogP contribution is -2.26. The molecule has 0 radical (unpaired) electrons. The molecule has 0 spiro atoms. The molecule has 0 bridgehead atoms. The summed E-state index contributed by atoms with van der Waals surface area (Å²) in [4.78, 5) is 13.9. The fourth-order valence-electron chi connectivity index (χ4n) is 6.85. The van der Waals surface area contributed by atoms with Crippen LogP contribution in [0.5, 0.6) is 23.0 Å². The van der Waals surface area contributed by atoms with Crippen LogP contribution in [0.2, 0.25) is 0 Å². The van der Waals surface area contributed by atoms with Gasteiger partial charge in [-0.1, -0.05) is 74.7 Å². The molecule has 1 aliphatic rings. The van der Waals surface area contributed by atoms with Crippen molar-refractivity contribution in [3.8, 4) is 45.3 Å². The van der Waals surface area contributed by atoms with E-state index < -0.39 is 7.92 Å². The van der Waals surface area contributed by atoms with E-state index in [-0.39, 0.29) is 17.1 Å². The molecule has 0 amide bonds. The van der Waals surface area contributed by atoms with Gasteiger partial charge in [0, 0.05) is 36.3 Å². The summed E-state index contributed by atoms with van der Waals surface area (Å²) < 4.78 is 23.0. The van der Waals surface area contributed by atoms with Gasteiger partial charge in [-0.2, -0.15) is 0 Å². The van der Waals surface area contributed by atoms with Gasteiger partial charge < -0.3 is 18.9 Å². The average molecular weight is 645 g/mol. The zero-order chi connectivity index (χ0) is 33.1. The normalized spacial score (nSPS) is 17.7. The second kappa shape index (κ2) is 14.0. The second-order valence-electron chi connectivity index (χ2n) is 12.0. The minimum absolute atomic E-state index is 0.106. The molecule has 6 heteroatoms. The zero-order valence-corrected chi connectivity index (χ0v) is 28.8. The molecule has 1 fully saturated rings. The smallest absolute Gasteiger partial charge is 0.134 e. The van der Waals surface area contributed by atoms with Crippen molar-refractivity contribution in [3.63, 3.8) is 0 Å². The molecule has 6 rings (SSSR count). The van der Waals surface area contributed by atoms with Crippen LogP contribution in [0.3, 0.4) is 0 Å². The maximum Gasteiger partial charge on any atom is 0.134 e. The maximum atomic E-state index is 13.9. The van der Waals surface area contributed by atoms with Gasteiger partial charge in [-0.25, -0.2) is 0 Å². The van der Waals surface area contributed by atoms with E-state index in [9.17, 15) is 4.79 Å². The summed E-state index contributed by atoms with van der Waals surface area (Å²) in [7, 11) is 5.58. The molecule has 0 aliphatic carbocycles. The first-order chi connectivity index (χ1) is 22.8. The van der Waals surface area contributed by atoms with Gasteiger partial charge >= 0.3 is 0 Å². The molecule has 5 nitrogen and oxygen atoms in total. The van der Waals surface area contributed by atoms with Gasteiger partial charge in [0.1, 0.15) is 28.8 Å². The summed E-state index contributed by atoms with van der Waals surface area (Å²) in [6.45, 7) is 4.35. The van der Waals surface area contributed by atoms with E-state index in [0.29, 0.717) is 35.8 Å². The number of Topliss-reactive ketones (excluding diaryl/α,β-unsaturated/α-hetero) is 1. The number of ketones is 1. The highest BCUT2D eigenvalue weighted by Gasteiger charge is 2.42. The number of hydrogen-bond acceptors (Lipinski definition) is 5. The van der Waals surface area contributed by atoms with Crippen molar-refractivity contribution in [2.45, 2.75) is 38.0 Å². The summed E-state index contributed by atoms with van der Waals surface area (Å²) in [5.41, 5.74) is 9.06. The van der Waals surface area contributed by atoms with Gasteiger partial charge in [-0.3, -0.25) is 4.79 Å². The Morgan fingerprint density at radius 3 is 1.23 bits per heavy atom. The van der Waals surface area contributed by atoms with Gasteiger partial charge in [0.15, 0.2) is 0 Å². The fraction of sp³-hybridized carbons (Fsp3) is 0.244. The molecular formula is C41H41O5P. The van der Waals surface area contributed by atoms with E-state index in [1.165, 1.54) is 38.7 Å². The molecule has 47 heavy (non-hydrogen) atoms. The monoisotopic (exact) mass is 644 g/mol. The van der Waals surface area contributed by atoms with E-state index >= 15 is 0 Å². The summed E-state index contributed by atoms with van der Waals surface area (Å²) in [5.74, 6) is 3.06.